The topological polar surface area (TPSA) is 59.6 Å². The van der Waals surface area contributed by atoms with Crippen molar-refractivity contribution < 1.29 is 14.3 Å². The zero-order valence-electron chi connectivity index (χ0n) is 14.6. The smallest absolute Gasteiger partial charge is 0.241 e. The fourth-order valence-corrected chi connectivity index (χ4v) is 2.80. The molecule has 2 N–H and O–H groups in total. The van der Waals surface area contributed by atoms with E-state index in [1.807, 2.05) is 54.6 Å². The Morgan fingerprint density at radius 2 is 1.96 bits per heavy atom. The molecule has 1 amide bonds. The zero-order valence-corrected chi connectivity index (χ0v) is 15.5. The van der Waals surface area contributed by atoms with Gasteiger partial charge in [0, 0.05) is 5.69 Å². The molecule has 1 unspecified atom stereocenters. The van der Waals surface area contributed by atoms with E-state index in [-0.39, 0.29) is 24.4 Å². The van der Waals surface area contributed by atoms with Crippen molar-refractivity contribution in [3.63, 3.8) is 0 Å². The molecule has 1 aliphatic rings. The van der Waals surface area contributed by atoms with Gasteiger partial charge in [-0.3, -0.25) is 4.79 Å². The van der Waals surface area contributed by atoms with Gasteiger partial charge >= 0.3 is 0 Å². The quantitative estimate of drug-likeness (QED) is 0.693. The molecule has 2 aromatic carbocycles. The van der Waals surface area contributed by atoms with E-state index in [2.05, 4.69) is 10.6 Å². The number of rotatable bonds is 8. The average Bonchev–Trinajstić information content (AvgIpc) is 3.17. The Labute approximate surface area is 160 Å². The lowest BCUT2D eigenvalue weighted by molar-refractivity contribution is -0.117. The van der Waals surface area contributed by atoms with Gasteiger partial charge in [-0.15, -0.1) is 12.4 Å². The average molecular weight is 377 g/mol. The van der Waals surface area contributed by atoms with Crippen molar-refractivity contribution >= 4 is 24.0 Å². The predicted octanol–water partition coefficient (Wildman–Crippen LogP) is 3.39. The maximum atomic E-state index is 12.1. The number of amides is 1. The largest absolute Gasteiger partial charge is 0.491 e. The van der Waals surface area contributed by atoms with Crippen molar-refractivity contribution in [2.45, 2.75) is 25.5 Å². The molecule has 26 heavy (non-hydrogen) atoms. The Kier molecular flexibility index (Phi) is 8.41. The normalized spacial score (nSPS) is 15.9. The number of anilines is 1. The third-order valence-electron chi connectivity index (χ3n) is 4.08. The van der Waals surface area contributed by atoms with Gasteiger partial charge in [-0.25, -0.2) is 0 Å². The minimum Gasteiger partial charge on any atom is -0.491 e. The molecule has 0 spiro atoms. The van der Waals surface area contributed by atoms with E-state index in [4.69, 9.17) is 9.47 Å². The Bertz CT molecular complexity index is 676. The van der Waals surface area contributed by atoms with Crippen LogP contribution in [0.15, 0.2) is 54.6 Å². The number of benzene rings is 2. The van der Waals surface area contributed by atoms with Crippen LogP contribution in [0.25, 0.3) is 0 Å². The van der Waals surface area contributed by atoms with Crippen LogP contribution >= 0.6 is 12.4 Å². The highest BCUT2D eigenvalue weighted by Gasteiger charge is 2.21. The van der Waals surface area contributed by atoms with Crippen molar-refractivity contribution in [1.29, 1.82) is 0 Å². The number of ether oxygens (including phenoxy) is 2. The van der Waals surface area contributed by atoms with Crippen LogP contribution in [0.5, 0.6) is 5.75 Å². The first-order valence-corrected chi connectivity index (χ1v) is 8.70. The van der Waals surface area contributed by atoms with Gasteiger partial charge in [0.15, 0.2) is 0 Å². The van der Waals surface area contributed by atoms with Crippen molar-refractivity contribution in [2.75, 3.05) is 25.1 Å². The summed E-state index contributed by atoms with van der Waals surface area (Å²) in [5.41, 5.74) is 1.83. The highest BCUT2D eigenvalue weighted by atomic mass is 35.5. The summed E-state index contributed by atoms with van der Waals surface area (Å²) in [5, 5.41) is 6.17. The molecule has 0 radical (unpaired) electrons. The van der Waals surface area contributed by atoms with Gasteiger partial charge in [0.05, 0.1) is 19.3 Å². The number of halogens is 1. The van der Waals surface area contributed by atoms with Crippen molar-refractivity contribution in [1.82, 2.24) is 5.32 Å². The van der Waals surface area contributed by atoms with Crippen molar-refractivity contribution in [2.24, 2.45) is 0 Å². The van der Waals surface area contributed by atoms with E-state index >= 15 is 0 Å². The maximum absolute atomic E-state index is 12.1. The summed E-state index contributed by atoms with van der Waals surface area (Å²) in [6.07, 6.45) is 1.95. The van der Waals surface area contributed by atoms with Gasteiger partial charge in [0.25, 0.3) is 0 Å². The first kappa shape index (κ1) is 20.2. The third-order valence-corrected chi connectivity index (χ3v) is 4.08. The number of hydrogen-bond acceptors (Lipinski definition) is 4. The molecule has 1 heterocycles. The second-order valence-corrected chi connectivity index (χ2v) is 6.05. The van der Waals surface area contributed by atoms with Crippen LogP contribution < -0.4 is 15.4 Å². The van der Waals surface area contributed by atoms with Gasteiger partial charge < -0.3 is 20.1 Å². The molecule has 0 aromatic heterocycles. The lowest BCUT2D eigenvalue weighted by Crippen LogP contribution is -2.35. The minimum absolute atomic E-state index is 0. The van der Waals surface area contributed by atoms with E-state index in [1.54, 1.807) is 0 Å². The molecule has 0 bridgehead atoms. The van der Waals surface area contributed by atoms with Crippen LogP contribution in [0.1, 0.15) is 18.4 Å². The number of nitrogens with one attached hydrogen (secondary N) is 2. The van der Waals surface area contributed by atoms with Crippen LogP contribution in [0.4, 0.5) is 5.69 Å². The van der Waals surface area contributed by atoms with Crippen LogP contribution in [0.3, 0.4) is 0 Å². The Hall–Kier alpha value is -2.08. The minimum atomic E-state index is -0.0740. The summed E-state index contributed by atoms with van der Waals surface area (Å²) in [6.45, 7) is 2.42. The lowest BCUT2D eigenvalue weighted by atomic mass is 10.2. The molecule has 1 saturated heterocycles. The monoisotopic (exact) mass is 376 g/mol. The zero-order chi connectivity index (χ0) is 17.3. The van der Waals surface area contributed by atoms with E-state index in [0.29, 0.717) is 19.8 Å². The fraction of sp³-hybridized carbons (Fsp3) is 0.350. The van der Waals surface area contributed by atoms with Gasteiger partial charge in [-0.2, -0.15) is 0 Å². The second-order valence-electron chi connectivity index (χ2n) is 6.05. The van der Waals surface area contributed by atoms with Crippen LogP contribution in [-0.2, 0) is 16.1 Å². The molecule has 0 saturated carbocycles. The predicted molar refractivity (Wildman–Crippen MR) is 105 cm³/mol. The van der Waals surface area contributed by atoms with Crippen LogP contribution in [0.2, 0.25) is 0 Å². The molecular weight excluding hydrogens is 352 g/mol. The first-order chi connectivity index (χ1) is 12.3. The molecule has 5 nitrogen and oxygen atoms in total. The molecular formula is C20H25ClN2O3. The summed E-state index contributed by atoms with van der Waals surface area (Å²) in [6, 6.07) is 17.4. The molecule has 1 aliphatic heterocycles. The molecule has 1 atom stereocenters. The molecule has 6 heteroatoms. The number of carbonyl (C=O) groups excluding carboxylic acids is 1. The summed E-state index contributed by atoms with van der Waals surface area (Å²) >= 11 is 0. The Morgan fingerprint density at radius 3 is 2.73 bits per heavy atom. The summed E-state index contributed by atoms with van der Waals surface area (Å²) < 4.78 is 11.2. The van der Waals surface area contributed by atoms with Crippen LogP contribution in [-0.4, -0.2) is 31.7 Å². The van der Waals surface area contributed by atoms with Crippen molar-refractivity contribution in [3.05, 3.63) is 60.2 Å². The number of carbonyl (C=O) groups is 1. The Morgan fingerprint density at radius 1 is 1.12 bits per heavy atom. The van der Waals surface area contributed by atoms with Crippen LogP contribution in [0, 0.1) is 0 Å². The van der Waals surface area contributed by atoms with Gasteiger partial charge in [0.2, 0.25) is 5.91 Å². The van der Waals surface area contributed by atoms with E-state index in [1.165, 1.54) is 0 Å². The second kappa shape index (κ2) is 10.8. The molecule has 1 fully saturated rings. The molecule has 2 aromatic rings. The third kappa shape index (κ3) is 6.33. The van der Waals surface area contributed by atoms with Gasteiger partial charge in [-0.1, -0.05) is 30.3 Å². The first-order valence-electron chi connectivity index (χ1n) is 8.70. The SMILES string of the molecule is Cl.O=C(Nc1cccc(COCCOc2ccccc2)c1)C1CCCN1. The molecule has 140 valence electrons. The fourth-order valence-electron chi connectivity index (χ4n) is 2.80. The highest BCUT2D eigenvalue weighted by molar-refractivity contribution is 5.95. The Balaban J connectivity index is 0.00000243. The highest BCUT2D eigenvalue weighted by Crippen LogP contribution is 2.14. The summed E-state index contributed by atoms with van der Waals surface area (Å²) in [4.78, 5) is 12.1. The lowest BCUT2D eigenvalue weighted by Gasteiger charge is -2.12. The summed E-state index contributed by atoms with van der Waals surface area (Å²) in [7, 11) is 0. The molecule has 0 aliphatic carbocycles. The maximum Gasteiger partial charge on any atom is 0.241 e. The van der Waals surface area contributed by atoms with E-state index in [9.17, 15) is 4.79 Å². The number of hydrogen-bond donors (Lipinski definition) is 2. The van der Waals surface area contributed by atoms with Gasteiger partial charge in [0.1, 0.15) is 12.4 Å². The molecule has 3 rings (SSSR count). The van der Waals surface area contributed by atoms with Crippen molar-refractivity contribution in [3.8, 4) is 5.75 Å². The van der Waals surface area contributed by atoms with E-state index in [0.717, 1.165) is 36.4 Å². The summed E-state index contributed by atoms with van der Waals surface area (Å²) in [5.74, 6) is 0.878. The van der Waals surface area contributed by atoms with Gasteiger partial charge in [-0.05, 0) is 49.2 Å². The number of para-hydroxylation sites is 1. The van der Waals surface area contributed by atoms with E-state index < -0.39 is 0 Å². The standard InChI is InChI=1S/C20H24N2O3.ClH/c23-20(19-10-5-11-21-19)22-17-7-4-6-16(14-17)15-24-12-13-25-18-8-2-1-3-9-18;/h1-4,6-9,14,19,21H,5,10-13,15H2,(H,22,23);1H.